The maximum atomic E-state index is 6.38. The lowest BCUT2D eigenvalue weighted by Gasteiger charge is -2.31. The second-order valence-corrected chi connectivity index (χ2v) is 16.5. The molecule has 0 N–H and O–H groups in total. The average molecular weight is 720 g/mol. The molecule has 0 atom stereocenters. The highest BCUT2D eigenvalue weighted by Crippen LogP contribution is 2.54. The molecule has 9 aromatic rings. The van der Waals surface area contributed by atoms with E-state index in [4.69, 9.17) is 4.42 Å². The van der Waals surface area contributed by atoms with Crippen molar-refractivity contribution < 1.29 is 4.42 Å². The Labute approximate surface area is 328 Å². The van der Waals surface area contributed by atoms with E-state index in [1.165, 1.54) is 66.8 Å². The molecule has 2 aliphatic carbocycles. The van der Waals surface area contributed by atoms with Gasteiger partial charge in [0.25, 0.3) is 0 Å². The Morgan fingerprint density at radius 2 is 0.804 bits per heavy atom. The Kier molecular flexibility index (Phi) is 6.98. The molecule has 268 valence electrons. The monoisotopic (exact) mass is 719 g/mol. The summed E-state index contributed by atoms with van der Waals surface area (Å²) in [4.78, 5) is 2.50. The number of nitrogens with zero attached hydrogens (tertiary/aromatic N) is 1. The van der Waals surface area contributed by atoms with Crippen molar-refractivity contribution >= 4 is 39.0 Å². The molecule has 0 bridgehead atoms. The van der Waals surface area contributed by atoms with Gasteiger partial charge in [0, 0.05) is 38.5 Å². The van der Waals surface area contributed by atoms with E-state index in [-0.39, 0.29) is 10.8 Å². The first kappa shape index (κ1) is 32.8. The molecule has 0 saturated carbocycles. The second-order valence-electron chi connectivity index (χ2n) is 16.5. The van der Waals surface area contributed by atoms with Crippen molar-refractivity contribution in [2.24, 2.45) is 0 Å². The van der Waals surface area contributed by atoms with Crippen LogP contribution in [0.1, 0.15) is 49.9 Å². The molecule has 11 rings (SSSR count). The molecule has 0 unspecified atom stereocenters. The summed E-state index contributed by atoms with van der Waals surface area (Å²) in [5.74, 6) is 0. The first-order chi connectivity index (χ1) is 27.3. The molecule has 0 aliphatic heterocycles. The second kappa shape index (κ2) is 11.9. The van der Waals surface area contributed by atoms with Gasteiger partial charge in [0.15, 0.2) is 0 Å². The van der Waals surface area contributed by atoms with Crippen LogP contribution in [0.5, 0.6) is 0 Å². The van der Waals surface area contributed by atoms with Gasteiger partial charge in [-0.05, 0) is 104 Å². The molecule has 0 spiro atoms. The molecule has 1 heterocycles. The molecule has 2 nitrogen and oxygen atoms in total. The lowest BCUT2D eigenvalue weighted by Crippen LogP contribution is -2.18. The van der Waals surface area contributed by atoms with Crippen LogP contribution in [0.15, 0.2) is 180 Å². The standard InChI is InChI=1S/C54H41NO/c1-53(2)45-23-11-7-18-38(45)40-30-28-34(32-47(40)53)55(35-29-31-41-39-19-8-12-24-46(39)54(3,4)48(41)33-35)49-25-13-9-20-42(49)36-16-5-6-17-37(36)43-22-15-27-51-52(43)44-21-10-14-26-50(44)56-51/h5-33H,1-4H3. The highest BCUT2D eigenvalue weighted by molar-refractivity contribution is 6.14. The minimum atomic E-state index is -0.132. The summed E-state index contributed by atoms with van der Waals surface area (Å²) in [6.45, 7) is 9.47. The van der Waals surface area contributed by atoms with Gasteiger partial charge in [0.05, 0.1) is 5.69 Å². The van der Waals surface area contributed by atoms with Gasteiger partial charge in [-0.15, -0.1) is 0 Å². The quantitative estimate of drug-likeness (QED) is 0.176. The van der Waals surface area contributed by atoms with Crippen LogP contribution in [0, 0.1) is 0 Å². The van der Waals surface area contributed by atoms with Gasteiger partial charge in [-0.25, -0.2) is 0 Å². The molecule has 0 saturated heterocycles. The van der Waals surface area contributed by atoms with Crippen molar-refractivity contribution in [3.8, 4) is 44.5 Å². The summed E-state index contributed by atoms with van der Waals surface area (Å²) in [6, 6.07) is 64.6. The van der Waals surface area contributed by atoms with E-state index in [9.17, 15) is 0 Å². The fourth-order valence-electron chi connectivity index (χ4n) is 9.94. The van der Waals surface area contributed by atoms with Gasteiger partial charge in [-0.2, -0.15) is 0 Å². The lowest BCUT2D eigenvalue weighted by molar-refractivity contribution is 0.660. The highest BCUT2D eigenvalue weighted by atomic mass is 16.3. The first-order valence-electron chi connectivity index (χ1n) is 19.7. The highest BCUT2D eigenvalue weighted by Gasteiger charge is 2.38. The Morgan fingerprint density at radius 3 is 1.43 bits per heavy atom. The van der Waals surface area contributed by atoms with E-state index in [0.29, 0.717) is 0 Å². The third-order valence-electron chi connectivity index (χ3n) is 12.7. The zero-order chi connectivity index (χ0) is 37.8. The minimum absolute atomic E-state index is 0.132. The van der Waals surface area contributed by atoms with Crippen LogP contribution < -0.4 is 4.90 Å². The van der Waals surface area contributed by atoms with Crippen molar-refractivity contribution in [1.82, 2.24) is 0 Å². The van der Waals surface area contributed by atoms with E-state index in [2.05, 4.69) is 202 Å². The van der Waals surface area contributed by atoms with Crippen LogP contribution in [0.4, 0.5) is 17.1 Å². The number of para-hydroxylation sites is 2. The van der Waals surface area contributed by atoms with Crippen LogP contribution in [-0.4, -0.2) is 0 Å². The molecular formula is C54H41NO. The maximum Gasteiger partial charge on any atom is 0.136 e. The molecule has 0 radical (unpaired) electrons. The van der Waals surface area contributed by atoms with E-state index >= 15 is 0 Å². The summed E-state index contributed by atoms with van der Waals surface area (Å²) in [5, 5.41) is 2.28. The summed E-state index contributed by atoms with van der Waals surface area (Å²) < 4.78 is 6.38. The summed E-state index contributed by atoms with van der Waals surface area (Å²) in [6.07, 6.45) is 0. The van der Waals surface area contributed by atoms with E-state index in [1.807, 2.05) is 6.07 Å². The third kappa shape index (κ3) is 4.62. The summed E-state index contributed by atoms with van der Waals surface area (Å²) >= 11 is 0. The van der Waals surface area contributed by atoms with Crippen LogP contribution in [0.25, 0.3) is 66.4 Å². The third-order valence-corrected chi connectivity index (χ3v) is 12.7. The van der Waals surface area contributed by atoms with Crippen molar-refractivity contribution in [2.75, 3.05) is 4.90 Å². The summed E-state index contributed by atoms with van der Waals surface area (Å²) in [7, 11) is 0. The van der Waals surface area contributed by atoms with Crippen molar-refractivity contribution in [2.45, 2.75) is 38.5 Å². The normalized spacial score (nSPS) is 14.4. The number of benzene rings is 8. The van der Waals surface area contributed by atoms with E-state index in [0.717, 1.165) is 39.0 Å². The molecule has 2 aliphatic rings. The van der Waals surface area contributed by atoms with Crippen molar-refractivity contribution in [1.29, 1.82) is 0 Å². The Bertz CT molecular complexity index is 2940. The fraction of sp³-hybridized carbons (Fsp3) is 0.111. The number of fused-ring (bicyclic) bond motifs is 9. The van der Waals surface area contributed by atoms with E-state index < -0.39 is 0 Å². The first-order valence-corrected chi connectivity index (χ1v) is 19.7. The lowest BCUT2D eigenvalue weighted by atomic mass is 9.82. The smallest absolute Gasteiger partial charge is 0.136 e. The number of furan rings is 1. The Hall–Kier alpha value is -6.64. The molecule has 56 heavy (non-hydrogen) atoms. The molecule has 8 aromatic carbocycles. The van der Waals surface area contributed by atoms with Crippen molar-refractivity contribution in [3.05, 3.63) is 198 Å². The largest absolute Gasteiger partial charge is 0.456 e. The molecule has 0 fully saturated rings. The predicted octanol–water partition coefficient (Wildman–Crippen LogP) is 15.0. The van der Waals surface area contributed by atoms with Crippen molar-refractivity contribution in [3.63, 3.8) is 0 Å². The Balaban J connectivity index is 1.15. The molecule has 1 aromatic heterocycles. The van der Waals surface area contributed by atoms with Gasteiger partial charge in [-0.1, -0.05) is 161 Å². The van der Waals surface area contributed by atoms with Gasteiger partial charge < -0.3 is 9.32 Å². The van der Waals surface area contributed by atoms with Crippen LogP contribution >= 0.6 is 0 Å². The van der Waals surface area contributed by atoms with Gasteiger partial charge in [0.1, 0.15) is 11.2 Å². The van der Waals surface area contributed by atoms with Gasteiger partial charge >= 0.3 is 0 Å². The molecule has 0 amide bonds. The maximum absolute atomic E-state index is 6.38. The zero-order valence-corrected chi connectivity index (χ0v) is 32.1. The molecule has 2 heteroatoms. The summed E-state index contributed by atoms with van der Waals surface area (Å²) in [5.41, 5.74) is 20.4. The Morgan fingerprint density at radius 1 is 0.357 bits per heavy atom. The number of hydrogen-bond acceptors (Lipinski definition) is 2. The average Bonchev–Trinajstić information content (AvgIpc) is 3.81. The predicted molar refractivity (Wildman–Crippen MR) is 234 cm³/mol. The van der Waals surface area contributed by atoms with Crippen LogP contribution in [0.2, 0.25) is 0 Å². The molecular weight excluding hydrogens is 679 g/mol. The topological polar surface area (TPSA) is 16.4 Å². The zero-order valence-electron chi connectivity index (χ0n) is 32.1. The van der Waals surface area contributed by atoms with Crippen LogP contribution in [-0.2, 0) is 10.8 Å². The van der Waals surface area contributed by atoms with Crippen LogP contribution in [0.3, 0.4) is 0 Å². The number of anilines is 3. The fourth-order valence-corrected chi connectivity index (χ4v) is 9.94. The number of hydrogen-bond donors (Lipinski definition) is 0. The minimum Gasteiger partial charge on any atom is -0.456 e. The number of rotatable bonds is 5. The van der Waals surface area contributed by atoms with Gasteiger partial charge in [-0.3, -0.25) is 0 Å². The SMILES string of the molecule is CC1(C)c2ccccc2-c2ccc(N(c3ccc4c(c3)C(C)(C)c3ccccc3-4)c3ccccc3-c3ccccc3-c3cccc4oc5ccccc5c34)cc21. The van der Waals surface area contributed by atoms with E-state index in [1.54, 1.807) is 0 Å². The van der Waals surface area contributed by atoms with Gasteiger partial charge in [0.2, 0.25) is 0 Å².